The van der Waals surface area contributed by atoms with E-state index >= 15 is 0 Å². The summed E-state index contributed by atoms with van der Waals surface area (Å²) in [7, 11) is -9.20. The minimum atomic E-state index is -4.88. The monoisotopic (exact) mass is 1110 g/mol. The predicted octanol–water partition coefficient (Wildman–Crippen LogP) is 9.71. The molecule has 2 saturated carbocycles. The summed E-state index contributed by atoms with van der Waals surface area (Å²) < 4.78 is 196. The zero-order chi connectivity index (χ0) is 55.5. The van der Waals surface area contributed by atoms with Crippen molar-refractivity contribution in [1.29, 1.82) is 5.26 Å². The molecule has 0 saturated heterocycles. The first-order valence-electron chi connectivity index (χ1n) is 22.9. The zero-order valence-corrected chi connectivity index (χ0v) is 41.5. The third kappa shape index (κ3) is 10.4. The number of sulfonamides is 2. The number of aryl methyl sites for hydroxylation is 1. The lowest BCUT2D eigenvalue weighted by Crippen LogP contribution is -2.54. The van der Waals surface area contributed by atoms with Gasteiger partial charge in [-0.25, -0.2) is 35.6 Å². The van der Waals surface area contributed by atoms with Gasteiger partial charge in [0, 0.05) is 47.7 Å². The number of benzene rings is 2. The van der Waals surface area contributed by atoms with Crippen molar-refractivity contribution >= 4 is 47.8 Å². The van der Waals surface area contributed by atoms with E-state index in [1.165, 1.54) is 35.2 Å². The van der Waals surface area contributed by atoms with Crippen molar-refractivity contribution in [2.24, 2.45) is 5.73 Å². The van der Waals surface area contributed by atoms with Crippen LogP contribution in [0.2, 0.25) is 0 Å². The highest BCUT2D eigenvalue weighted by molar-refractivity contribution is 7.89. The molecule has 76 heavy (non-hydrogen) atoms. The minimum Gasteiger partial charge on any atom is -0.432 e. The first-order valence-corrected chi connectivity index (χ1v) is 25.8. The van der Waals surface area contributed by atoms with Gasteiger partial charge in [-0.05, 0) is 100 Å². The number of carbonyl (C=O) groups excluding carboxylic acids is 1. The standard InChI is InChI=1S/C24H24F6N4O4S.C24H18F4N6O2S/c1-23(2,24(28,29)30)33-39(36,37)13-7-8-16(32-11-13)20-19(21(31)35)14-9-15(25)18(38-22(26)27)10-17(14)34(20)12-5-3-4-6-12;1-2-14-10-20-16(11-18(14)25)17(12-29)21(34(20)22-30-8-3-9-31-22)19-5-4-15(13-32-19)37(35,36)33-23(6-7-23)24(26,27)28/h7-12,22,33H,3-6H2,1-2H3,(H2,31,35);3-5,8-11,13,33H,2,6-7H2,1H3. The van der Waals surface area contributed by atoms with E-state index in [0.717, 1.165) is 49.5 Å². The Morgan fingerprint density at radius 3 is 1.92 bits per heavy atom. The van der Waals surface area contributed by atoms with Crippen LogP contribution >= 0.6 is 0 Å². The lowest BCUT2D eigenvalue weighted by molar-refractivity contribution is -0.180. The van der Waals surface area contributed by atoms with Crippen molar-refractivity contribution in [2.45, 2.75) is 112 Å². The van der Waals surface area contributed by atoms with Crippen molar-refractivity contribution in [3.05, 3.63) is 108 Å². The highest BCUT2D eigenvalue weighted by atomic mass is 32.2. The quantitative estimate of drug-likeness (QED) is 0.0868. The Bertz CT molecular complexity index is 3650. The molecule has 2 fully saturated rings. The highest BCUT2D eigenvalue weighted by Crippen LogP contribution is 2.50. The fraction of sp³-hybridized carbons (Fsp3) is 0.333. The number of pyridine rings is 2. The summed E-state index contributed by atoms with van der Waals surface area (Å²) >= 11 is 0. The van der Waals surface area contributed by atoms with Crippen LogP contribution in [-0.2, 0) is 26.5 Å². The van der Waals surface area contributed by atoms with Gasteiger partial charge < -0.3 is 15.0 Å². The number of hydrogen-bond acceptors (Lipinski definition) is 11. The van der Waals surface area contributed by atoms with Crippen LogP contribution in [0.5, 0.6) is 5.75 Å². The molecule has 5 aromatic heterocycles. The number of fused-ring (bicyclic) bond motifs is 2. The molecule has 2 aliphatic rings. The van der Waals surface area contributed by atoms with Gasteiger partial charge in [0.1, 0.15) is 32.8 Å². The van der Waals surface area contributed by atoms with E-state index in [1.54, 1.807) is 33.1 Å². The van der Waals surface area contributed by atoms with Gasteiger partial charge in [0.25, 0.3) is 5.91 Å². The molecule has 0 radical (unpaired) electrons. The summed E-state index contributed by atoms with van der Waals surface area (Å²) in [6, 6.07) is 12.6. The fourth-order valence-electron chi connectivity index (χ4n) is 8.83. The zero-order valence-electron chi connectivity index (χ0n) is 39.9. The van der Waals surface area contributed by atoms with E-state index in [-0.39, 0.29) is 75.0 Å². The largest absolute Gasteiger partial charge is 0.432 e. The van der Waals surface area contributed by atoms with Gasteiger partial charge in [-0.1, -0.05) is 19.8 Å². The number of nitriles is 1. The molecule has 0 atom stereocenters. The van der Waals surface area contributed by atoms with Gasteiger partial charge >= 0.3 is 19.0 Å². The topological polar surface area (TPSA) is 230 Å². The molecule has 1 amide bonds. The SMILES string of the molecule is CC(C)(NS(=O)(=O)c1ccc(-c2c(C(N)=O)c3cc(F)c(OC(F)F)cc3n2C2CCCC2)nc1)C(F)(F)F.CCc1cc2c(cc1F)c(C#N)c(-c1ccc(S(=O)(=O)NC3(C(F)(F)F)CC3)cn1)n2-c1ncccn1. The van der Waals surface area contributed by atoms with Crippen LogP contribution in [0.15, 0.2) is 89.2 Å². The van der Waals surface area contributed by atoms with Crippen LogP contribution in [-0.4, -0.2) is 81.9 Å². The number of hydrogen-bond donors (Lipinski definition) is 3. The Morgan fingerprint density at radius 1 is 0.842 bits per heavy atom. The number of primary amides is 1. The predicted molar refractivity (Wildman–Crippen MR) is 253 cm³/mol. The van der Waals surface area contributed by atoms with E-state index in [0.29, 0.717) is 44.2 Å². The second-order valence-electron chi connectivity index (χ2n) is 18.3. The Labute approximate surface area is 426 Å². The molecule has 0 spiro atoms. The number of rotatable bonds is 14. The number of halogens is 10. The van der Waals surface area contributed by atoms with Crippen molar-refractivity contribution in [3.8, 4) is 40.5 Å². The first kappa shape index (κ1) is 55.0. The van der Waals surface area contributed by atoms with Gasteiger partial charge in [0.2, 0.25) is 26.0 Å². The molecule has 7 aromatic rings. The molecule has 9 rings (SSSR count). The molecule has 0 aliphatic heterocycles. The van der Waals surface area contributed by atoms with Crippen molar-refractivity contribution in [1.82, 2.24) is 38.5 Å². The van der Waals surface area contributed by atoms with Crippen LogP contribution < -0.4 is 19.9 Å². The number of ether oxygens (including phenoxy) is 1. The maximum atomic E-state index is 14.7. The van der Waals surface area contributed by atoms with E-state index in [2.05, 4.69) is 30.7 Å². The van der Waals surface area contributed by atoms with Gasteiger partial charge in [0.15, 0.2) is 11.6 Å². The summed E-state index contributed by atoms with van der Waals surface area (Å²) in [4.78, 5) is 28.3. The van der Waals surface area contributed by atoms with Crippen LogP contribution in [0.3, 0.4) is 0 Å². The first-order chi connectivity index (χ1) is 35.5. The number of aromatic nitrogens is 6. The van der Waals surface area contributed by atoms with Gasteiger partial charge in [-0.2, -0.15) is 49.8 Å². The molecule has 16 nitrogen and oxygen atoms in total. The average molecular weight is 1110 g/mol. The summed E-state index contributed by atoms with van der Waals surface area (Å²) in [5.41, 5.74) is 1.68. The van der Waals surface area contributed by atoms with Crippen LogP contribution in [0.4, 0.5) is 43.9 Å². The Morgan fingerprint density at radius 2 is 1.42 bits per heavy atom. The average Bonchev–Trinajstić information content (AvgIpc) is 3.64. The van der Waals surface area contributed by atoms with E-state index in [1.807, 2.05) is 0 Å². The molecular weight excluding hydrogens is 1070 g/mol. The number of nitrogens with one attached hydrogen (secondary N) is 2. The highest BCUT2D eigenvalue weighted by Gasteiger charge is 2.65. The molecule has 2 aliphatic carbocycles. The number of nitrogens with zero attached hydrogens (tertiary/aromatic N) is 7. The number of nitrogens with two attached hydrogens (primary N) is 1. The Kier molecular flexibility index (Phi) is 14.5. The van der Waals surface area contributed by atoms with Crippen LogP contribution in [0.25, 0.3) is 50.5 Å². The molecule has 4 N–H and O–H groups in total. The van der Waals surface area contributed by atoms with Gasteiger partial charge in [-0.15, -0.1) is 0 Å². The summed E-state index contributed by atoms with van der Waals surface area (Å²) in [6.45, 7) is -0.205. The number of alkyl halides is 8. The van der Waals surface area contributed by atoms with E-state index in [4.69, 9.17) is 5.73 Å². The third-order valence-electron chi connectivity index (χ3n) is 12.9. The molecule has 28 heteroatoms. The molecule has 402 valence electrons. The lowest BCUT2D eigenvalue weighted by atomic mass is 10.1. The number of carbonyl (C=O) groups is 1. The Hall–Kier alpha value is -7.22. The van der Waals surface area contributed by atoms with Gasteiger partial charge in [0.05, 0.1) is 44.9 Å². The number of amides is 1. The van der Waals surface area contributed by atoms with Crippen LogP contribution in [0, 0.1) is 23.0 Å². The summed E-state index contributed by atoms with van der Waals surface area (Å²) in [6.07, 6.45) is -2.35. The van der Waals surface area contributed by atoms with Crippen molar-refractivity contribution in [3.63, 3.8) is 0 Å². The fourth-order valence-corrected chi connectivity index (χ4v) is 11.6. The molecule has 2 aromatic carbocycles. The maximum absolute atomic E-state index is 14.7. The molecular formula is C48H42F10N10O6S2. The molecule has 0 bridgehead atoms. The lowest BCUT2D eigenvalue weighted by Gasteiger charge is -2.28. The smallest absolute Gasteiger partial charge is 0.407 e. The molecule has 0 unspecified atom stereocenters. The minimum absolute atomic E-state index is 0.00982. The van der Waals surface area contributed by atoms with E-state index in [9.17, 15) is 70.8 Å². The van der Waals surface area contributed by atoms with E-state index < -0.39 is 83.2 Å². The Balaban J connectivity index is 0.000000202. The summed E-state index contributed by atoms with van der Waals surface area (Å²) in [5.74, 6) is -3.22. The van der Waals surface area contributed by atoms with Gasteiger partial charge in [-0.3, -0.25) is 19.3 Å². The molecule has 5 heterocycles. The second-order valence-corrected chi connectivity index (χ2v) is 21.6. The van der Waals surface area contributed by atoms with Crippen molar-refractivity contribution < 1.29 is 70.3 Å². The second kappa shape index (κ2) is 20.1. The van der Waals surface area contributed by atoms with Crippen molar-refractivity contribution in [2.75, 3.05) is 0 Å². The maximum Gasteiger partial charge on any atom is 0.407 e. The summed E-state index contributed by atoms with van der Waals surface area (Å²) in [5, 5.41) is 10.3. The van der Waals surface area contributed by atoms with Crippen LogP contribution in [0.1, 0.15) is 86.8 Å². The normalized spacial score (nSPS) is 15.2. The third-order valence-corrected chi connectivity index (χ3v) is 16.1.